The molecule has 0 radical (unpaired) electrons. The zero-order valence-electron chi connectivity index (χ0n) is 19.4. The molecule has 0 saturated carbocycles. The van der Waals surface area contributed by atoms with E-state index in [-0.39, 0.29) is 5.91 Å². The summed E-state index contributed by atoms with van der Waals surface area (Å²) in [7, 11) is 0. The molecular formula is C26H30FN3O3. The molecule has 0 spiro atoms. The van der Waals surface area contributed by atoms with Crippen LogP contribution >= 0.6 is 0 Å². The first-order valence-electron chi connectivity index (χ1n) is 11.5. The van der Waals surface area contributed by atoms with Crippen molar-refractivity contribution in [3.05, 3.63) is 65.6 Å². The third-order valence-corrected chi connectivity index (χ3v) is 6.01. The number of piperazine rings is 1. The van der Waals surface area contributed by atoms with Crippen molar-refractivity contribution in [2.24, 2.45) is 5.92 Å². The third-order valence-electron chi connectivity index (χ3n) is 6.01. The average molecular weight is 452 g/mol. The zero-order valence-corrected chi connectivity index (χ0v) is 19.4. The number of rotatable bonds is 7. The predicted molar refractivity (Wildman–Crippen MR) is 126 cm³/mol. The van der Waals surface area contributed by atoms with Crippen LogP contribution < -0.4 is 9.64 Å². The van der Waals surface area contributed by atoms with Gasteiger partial charge in [0.2, 0.25) is 0 Å². The Morgan fingerprint density at radius 3 is 2.12 bits per heavy atom. The van der Waals surface area contributed by atoms with Gasteiger partial charge < -0.3 is 14.5 Å². The Kier molecular flexibility index (Phi) is 6.79. The number of imide groups is 1. The fraction of sp³-hybridized carbons (Fsp3) is 0.385. The number of benzene rings is 2. The lowest BCUT2D eigenvalue weighted by Gasteiger charge is -2.36. The fourth-order valence-electron chi connectivity index (χ4n) is 4.16. The molecule has 0 aliphatic carbocycles. The lowest BCUT2D eigenvalue weighted by molar-refractivity contribution is -0.120. The Morgan fingerprint density at radius 2 is 1.55 bits per heavy atom. The molecule has 2 aromatic carbocycles. The van der Waals surface area contributed by atoms with Crippen molar-refractivity contribution in [1.29, 1.82) is 0 Å². The third kappa shape index (κ3) is 4.78. The molecule has 0 N–H and O–H groups in total. The number of hydrogen-bond donors (Lipinski definition) is 0. The van der Waals surface area contributed by atoms with Crippen LogP contribution in [0.5, 0.6) is 5.75 Å². The van der Waals surface area contributed by atoms with Gasteiger partial charge in [-0.25, -0.2) is 9.29 Å². The van der Waals surface area contributed by atoms with Gasteiger partial charge in [-0.3, -0.25) is 9.59 Å². The first-order chi connectivity index (χ1) is 15.9. The van der Waals surface area contributed by atoms with Gasteiger partial charge >= 0.3 is 0 Å². The second-order valence-corrected chi connectivity index (χ2v) is 8.80. The monoisotopic (exact) mass is 451 g/mol. The molecule has 2 aromatic rings. The molecule has 2 aliphatic rings. The molecule has 0 atom stereocenters. The highest BCUT2D eigenvalue weighted by molar-refractivity contribution is 6.45. The lowest BCUT2D eigenvalue weighted by atomic mass is 10.0. The summed E-state index contributed by atoms with van der Waals surface area (Å²) < 4.78 is 19.2. The van der Waals surface area contributed by atoms with Gasteiger partial charge in [0, 0.05) is 26.2 Å². The highest BCUT2D eigenvalue weighted by Crippen LogP contribution is 2.35. The molecule has 6 nitrogen and oxygen atoms in total. The highest BCUT2D eigenvalue weighted by atomic mass is 19.1. The Morgan fingerprint density at radius 1 is 0.909 bits per heavy atom. The summed E-state index contributed by atoms with van der Waals surface area (Å²) >= 11 is 0. The minimum Gasteiger partial charge on any atom is -0.493 e. The van der Waals surface area contributed by atoms with E-state index in [2.05, 4.69) is 25.7 Å². The first-order valence-corrected chi connectivity index (χ1v) is 11.5. The molecule has 0 aromatic heterocycles. The summed E-state index contributed by atoms with van der Waals surface area (Å²) in [5, 5.41) is 0. The predicted octanol–water partition coefficient (Wildman–Crippen LogP) is 3.78. The number of ether oxygens (including phenoxy) is 1. The van der Waals surface area contributed by atoms with E-state index in [1.54, 1.807) is 0 Å². The second kappa shape index (κ2) is 9.75. The summed E-state index contributed by atoms with van der Waals surface area (Å²) in [5.41, 5.74) is 1.83. The number of likely N-dealkylation sites (N-methyl/N-ethyl adjacent to an activating group) is 1. The topological polar surface area (TPSA) is 53.1 Å². The average Bonchev–Trinajstić information content (AvgIpc) is 3.08. The van der Waals surface area contributed by atoms with E-state index in [1.807, 2.05) is 29.2 Å². The van der Waals surface area contributed by atoms with Crippen LogP contribution in [0.3, 0.4) is 0 Å². The normalized spacial score (nSPS) is 17.5. The van der Waals surface area contributed by atoms with Crippen molar-refractivity contribution in [1.82, 2.24) is 9.80 Å². The van der Waals surface area contributed by atoms with Gasteiger partial charge in [-0.05, 0) is 54.4 Å². The van der Waals surface area contributed by atoms with Gasteiger partial charge in [-0.1, -0.05) is 32.9 Å². The van der Waals surface area contributed by atoms with Crippen molar-refractivity contribution < 1.29 is 18.7 Å². The Hall–Kier alpha value is -3.19. The van der Waals surface area contributed by atoms with Crippen LogP contribution in [0.4, 0.5) is 10.1 Å². The van der Waals surface area contributed by atoms with Gasteiger partial charge in [-0.15, -0.1) is 0 Å². The van der Waals surface area contributed by atoms with Gasteiger partial charge in [-0.2, -0.15) is 0 Å². The number of carbonyl (C=O) groups is 2. The zero-order chi connectivity index (χ0) is 23.5. The molecule has 33 heavy (non-hydrogen) atoms. The lowest BCUT2D eigenvalue weighted by Crippen LogP contribution is -2.47. The van der Waals surface area contributed by atoms with Gasteiger partial charge in [0.15, 0.2) is 0 Å². The SMILES string of the molecule is CCN1CCN(C2=C(c3ccc(OCC(C)C)cc3)C(=O)N(c3ccc(F)cc3)C2=O)CC1. The summed E-state index contributed by atoms with van der Waals surface area (Å²) in [6, 6.07) is 12.8. The quantitative estimate of drug-likeness (QED) is 0.600. The molecular weight excluding hydrogens is 421 g/mol. The van der Waals surface area contributed by atoms with E-state index >= 15 is 0 Å². The fourth-order valence-corrected chi connectivity index (χ4v) is 4.16. The number of anilines is 1. The van der Waals surface area contributed by atoms with E-state index in [0.717, 1.165) is 30.3 Å². The van der Waals surface area contributed by atoms with Gasteiger partial charge in [0.1, 0.15) is 17.3 Å². The van der Waals surface area contributed by atoms with Crippen molar-refractivity contribution >= 4 is 23.1 Å². The van der Waals surface area contributed by atoms with Gasteiger partial charge in [0.05, 0.1) is 17.9 Å². The summed E-state index contributed by atoms with van der Waals surface area (Å²) in [6.07, 6.45) is 0. The van der Waals surface area contributed by atoms with Crippen molar-refractivity contribution in [2.75, 3.05) is 44.2 Å². The Bertz CT molecular complexity index is 1040. The van der Waals surface area contributed by atoms with E-state index in [9.17, 15) is 14.0 Å². The van der Waals surface area contributed by atoms with Crippen molar-refractivity contribution in [2.45, 2.75) is 20.8 Å². The standard InChI is InChI=1S/C26H30FN3O3/c1-4-28-13-15-29(16-14-28)24-23(19-5-11-22(12-6-19)33-17-18(2)3)25(31)30(26(24)32)21-9-7-20(27)8-10-21/h5-12,18H,4,13-17H2,1-3H3. The van der Waals surface area contributed by atoms with Crippen LogP contribution in [0.2, 0.25) is 0 Å². The van der Waals surface area contributed by atoms with Crippen LogP contribution in [0.1, 0.15) is 26.3 Å². The molecule has 174 valence electrons. The number of hydrogen-bond acceptors (Lipinski definition) is 5. The van der Waals surface area contributed by atoms with Crippen LogP contribution in [-0.2, 0) is 9.59 Å². The van der Waals surface area contributed by atoms with Crippen LogP contribution in [-0.4, -0.2) is 60.9 Å². The van der Waals surface area contributed by atoms with E-state index in [0.29, 0.717) is 48.1 Å². The largest absolute Gasteiger partial charge is 0.493 e. The maximum atomic E-state index is 13.6. The van der Waals surface area contributed by atoms with Crippen LogP contribution in [0.25, 0.3) is 5.57 Å². The molecule has 7 heteroatoms. The van der Waals surface area contributed by atoms with Crippen LogP contribution in [0, 0.1) is 11.7 Å². The van der Waals surface area contributed by atoms with Crippen molar-refractivity contribution in [3.8, 4) is 5.75 Å². The van der Waals surface area contributed by atoms with E-state index in [4.69, 9.17) is 4.74 Å². The number of amides is 2. The molecule has 0 unspecified atom stereocenters. The van der Waals surface area contributed by atoms with E-state index < -0.39 is 11.7 Å². The second-order valence-electron chi connectivity index (χ2n) is 8.80. The molecule has 1 fully saturated rings. The first kappa shape index (κ1) is 23.0. The Labute approximate surface area is 194 Å². The number of halogens is 1. The minimum absolute atomic E-state index is 0.364. The molecule has 0 bridgehead atoms. The van der Waals surface area contributed by atoms with Gasteiger partial charge in [0.25, 0.3) is 11.8 Å². The highest BCUT2D eigenvalue weighted by Gasteiger charge is 2.43. The number of nitrogens with zero attached hydrogens (tertiary/aromatic N) is 3. The van der Waals surface area contributed by atoms with Crippen LogP contribution in [0.15, 0.2) is 54.2 Å². The summed E-state index contributed by atoms with van der Waals surface area (Å²) in [6.45, 7) is 10.8. The molecule has 4 rings (SSSR count). The summed E-state index contributed by atoms with van der Waals surface area (Å²) in [4.78, 5) is 32.6. The molecule has 2 heterocycles. The molecule has 2 aliphatic heterocycles. The molecule has 2 amide bonds. The van der Waals surface area contributed by atoms with E-state index in [1.165, 1.54) is 24.3 Å². The minimum atomic E-state index is -0.418. The maximum Gasteiger partial charge on any atom is 0.282 e. The number of carbonyl (C=O) groups excluding carboxylic acids is 2. The van der Waals surface area contributed by atoms with Crippen molar-refractivity contribution in [3.63, 3.8) is 0 Å². The summed E-state index contributed by atoms with van der Waals surface area (Å²) in [5.74, 6) is -0.0570. The smallest absolute Gasteiger partial charge is 0.282 e. The molecule has 1 saturated heterocycles. The Balaban J connectivity index is 1.70. The maximum absolute atomic E-state index is 13.6.